The number of methoxy groups -OCH3 is 1. The molecule has 8 rings (SSSR count). The Balaban J connectivity index is 1.20. The summed E-state index contributed by atoms with van der Waals surface area (Å²) in [4.78, 5) is 59.5. The highest BCUT2D eigenvalue weighted by Crippen LogP contribution is 2.60. The average Bonchev–Trinajstić information content (AvgIpc) is 3.88. The number of fused-ring (bicyclic) bond motifs is 3. The SMILES string of the molecule is COc1ccc([Si](C)(C)[C@@H]2[C@@H](CC(=O)N3CCC[C@H]3CO)O[C@]3(C(=O)N(Cc4cccc(N5C(=O)COc6ccccc65)c4)c4ccc([N+](=O)[O-])cc43)[C@H]2C)cc1. The van der Waals surface area contributed by atoms with E-state index in [4.69, 9.17) is 14.2 Å². The molecule has 14 heteroatoms. The molecule has 1 spiro atoms. The van der Waals surface area contributed by atoms with Crippen molar-refractivity contribution in [2.75, 3.05) is 36.7 Å². The second kappa shape index (κ2) is 14.7. The standard InChI is InChI=1S/C43H46N4O9Si/c1-27-41(57(3,4)33-17-15-32(54-2)16-18-33)38(23-39(49)44-20-8-11-31(44)25-48)56-43(27)34-22-30(47(52)53)14-19-35(34)45(42(43)51)24-28-9-7-10-29(21-28)46-36-12-5-6-13-37(36)55-26-40(46)50/h5-7,9-10,12-19,21-22,27,31,38,41,48H,8,11,20,23-26H2,1-4H3/t27-,31-,38+,41-,43+/m0/s1. The normalized spacial score (nSPS) is 24.1. The summed E-state index contributed by atoms with van der Waals surface area (Å²) in [6.07, 6.45) is 0.787. The third-order valence-corrected chi connectivity index (χ3v) is 16.9. The van der Waals surface area contributed by atoms with Crippen LogP contribution in [0.5, 0.6) is 11.5 Å². The Kier molecular flexibility index (Phi) is 9.91. The van der Waals surface area contributed by atoms with Gasteiger partial charge in [-0.15, -0.1) is 0 Å². The van der Waals surface area contributed by atoms with Gasteiger partial charge in [0, 0.05) is 35.8 Å². The van der Waals surface area contributed by atoms with E-state index in [-0.39, 0.29) is 61.2 Å². The molecule has 4 aliphatic heterocycles. The van der Waals surface area contributed by atoms with Crippen LogP contribution in [0.2, 0.25) is 18.6 Å². The number of anilines is 3. The molecule has 3 amide bonds. The van der Waals surface area contributed by atoms with Crippen LogP contribution in [0.1, 0.15) is 37.3 Å². The number of nitro benzene ring substituents is 1. The number of benzene rings is 4. The Hall–Kier alpha value is -5.57. The number of hydrogen-bond acceptors (Lipinski definition) is 9. The van der Waals surface area contributed by atoms with Crippen LogP contribution in [0, 0.1) is 16.0 Å². The predicted molar refractivity (Wildman–Crippen MR) is 216 cm³/mol. The van der Waals surface area contributed by atoms with E-state index in [0.717, 1.165) is 17.2 Å². The minimum Gasteiger partial charge on any atom is -0.497 e. The lowest BCUT2D eigenvalue weighted by atomic mass is 9.82. The zero-order chi connectivity index (χ0) is 40.2. The number of aliphatic hydroxyl groups excluding tert-OH is 1. The number of nitro groups is 1. The van der Waals surface area contributed by atoms with Crippen molar-refractivity contribution in [3.8, 4) is 11.5 Å². The van der Waals surface area contributed by atoms with E-state index >= 15 is 4.79 Å². The number of nitrogens with zero attached hydrogens (tertiary/aromatic N) is 4. The summed E-state index contributed by atoms with van der Waals surface area (Å²) in [6, 6.07) is 26.8. The van der Waals surface area contributed by atoms with Gasteiger partial charge in [-0.2, -0.15) is 0 Å². The zero-order valence-electron chi connectivity index (χ0n) is 32.4. The van der Waals surface area contributed by atoms with Crippen molar-refractivity contribution in [2.45, 2.75) is 69.1 Å². The topological polar surface area (TPSA) is 152 Å². The second-order valence-corrected chi connectivity index (χ2v) is 20.6. The Morgan fingerprint density at radius 3 is 2.53 bits per heavy atom. The van der Waals surface area contributed by atoms with E-state index in [9.17, 15) is 24.8 Å². The lowest BCUT2D eigenvalue weighted by molar-refractivity contribution is -0.385. The van der Waals surface area contributed by atoms with E-state index in [2.05, 4.69) is 13.1 Å². The number of amides is 3. The molecule has 0 unspecified atom stereocenters. The van der Waals surface area contributed by atoms with Gasteiger partial charge < -0.3 is 29.1 Å². The average molecular weight is 791 g/mol. The van der Waals surface area contributed by atoms with Crippen LogP contribution in [0.25, 0.3) is 0 Å². The molecule has 57 heavy (non-hydrogen) atoms. The van der Waals surface area contributed by atoms with Gasteiger partial charge in [0.15, 0.2) is 12.2 Å². The first-order valence-electron chi connectivity index (χ1n) is 19.4. The van der Waals surface area contributed by atoms with Gasteiger partial charge in [0.1, 0.15) is 11.5 Å². The molecule has 0 bridgehead atoms. The minimum atomic E-state index is -2.63. The molecule has 2 saturated heterocycles. The largest absolute Gasteiger partial charge is 0.497 e. The molecule has 0 saturated carbocycles. The zero-order valence-corrected chi connectivity index (χ0v) is 33.4. The molecule has 5 atom stereocenters. The summed E-state index contributed by atoms with van der Waals surface area (Å²) in [5, 5.41) is 23.4. The number of hydrogen-bond donors (Lipinski definition) is 1. The molecule has 4 aromatic rings. The summed E-state index contributed by atoms with van der Waals surface area (Å²) in [5.41, 5.74) is 0.755. The molecule has 0 aromatic heterocycles. The van der Waals surface area contributed by atoms with E-state index in [1.165, 1.54) is 12.1 Å². The van der Waals surface area contributed by atoms with Gasteiger partial charge in [0.05, 0.1) is 63.2 Å². The Morgan fingerprint density at radius 1 is 1.02 bits per heavy atom. The van der Waals surface area contributed by atoms with Gasteiger partial charge in [-0.3, -0.25) is 29.4 Å². The first kappa shape index (κ1) is 38.3. The van der Waals surface area contributed by atoms with E-state index in [1.807, 2.05) is 79.7 Å². The van der Waals surface area contributed by atoms with Crippen molar-refractivity contribution in [2.24, 2.45) is 5.92 Å². The first-order valence-corrected chi connectivity index (χ1v) is 22.4. The summed E-state index contributed by atoms with van der Waals surface area (Å²) in [7, 11) is -1.02. The number of aliphatic hydroxyl groups is 1. The molecule has 13 nitrogen and oxygen atoms in total. The second-order valence-electron chi connectivity index (χ2n) is 15.9. The van der Waals surface area contributed by atoms with E-state index in [0.29, 0.717) is 47.1 Å². The van der Waals surface area contributed by atoms with Gasteiger partial charge in [0.2, 0.25) is 5.91 Å². The van der Waals surface area contributed by atoms with Crippen molar-refractivity contribution in [3.63, 3.8) is 0 Å². The predicted octanol–water partition coefficient (Wildman–Crippen LogP) is 5.80. The van der Waals surface area contributed by atoms with Crippen LogP contribution >= 0.6 is 0 Å². The summed E-state index contributed by atoms with van der Waals surface area (Å²) in [5.74, 6) is 0.0457. The fourth-order valence-electron chi connectivity index (χ4n) is 9.78. The van der Waals surface area contributed by atoms with Crippen LogP contribution in [0.4, 0.5) is 22.7 Å². The summed E-state index contributed by atoms with van der Waals surface area (Å²) in [6.45, 7) is 6.78. The molecule has 2 fully saturated rings. The molecular formula is C43H46N4O9Si. The van der Waals surface area contributed by atoms with Crippen LogP contribution in [-0.4, -0.2) is 79.7 Å². The number of carbonyl (C=O) groups excluding carboxylic acids is 3. The quantitative estimate of drug-likeness (QED) is 0.120. The maximum Gasteiger partial charge on any atom is 0.269 e. The number of carbonyl (C=O) groups is 3. The molecule has 1 N–H and O–H groups in total. The van der Waals surface area contributed by atoms with Crippen LogP contribution in [-0.2, 0) is 31.3 Å². The van der Waals surface area contributed by atoms with Crippen molar-refractivity contribution in [1.29, 1.82) is 0 Å². The molecule has 296 valence electrons. The van der Waals surface area contributed by atoms with Gasteiger partial charge in [-0.25, -0.2) is 0 Å². The highest BCUT2D eigenvalue weighted by atomic mass is 28.3. The number of rotatable bonds is 10. The van der Waals surface area contributed by atoms with E-state index in [1.54, 1.807) is 27.9 Å². The Bertz CT molecular complexity index is 2250. The molecule has 0 aliphatic carbocycles. The smallest absolute Gasteiger partial charge is 0.269 e. The van der Waals surface area contributed by atoms with Crippen molar-refractivity contribution in [3.05, 3.63) is 112 Å². The lowest BCUT2D eigenvalue weighted by Crippen LogP contribution is -2.52. The summed E-state index contributed by atoms with van der Waals surface area (Å²) >= 11 is 0. The van der Waals surface area contributed by atoms with Crippen LogP contribution in [0.15, 0.2) is 91.0 Å². The van der Waals surface area contributed by atoms with E-state index < -0.39 is 30.6 Å². The monoisotopic (exact) mass is 790 g/mol. The highest BCUT2D eigenvalue weighted by Gasteiger charge is 2.67. The van der Waals surface area contributed by atoms with Crippen molar-refractivity contribution in [1.82, 2.24) is 4.90 Å². The van der Waals surface area contributed by atoms with Crippen molar-refractivity contribution >= 4 is 53.7 Å². The number of non-ortho nitro benzene ring substituents is 1. The van der Waals surface area contributed by atoms with Gasteiger partial charge >= 0.3 is 0 Å². The van der Waals surface area contributed by atoms with Gasteiger partial charge in [-0.1, -0.05) is 61.6 Å². The highest BCUT2D eigenvalue weighted by molar-refractivity contribution is 6.91. The fourth-order valence-corrected chi connectivity index (χ4v) is 13.8. The van der Waals surface area contributed by atoms with Crippen LogP contribution < -0.4 is 24.5 Å². The van der Waals surface area contributed by atoms with Gasteiger partial charge in [-0.05, 0) is 66.4 Å². The maximum atomic E-state index is 15.4. The Morgan fingerprint density at radius 2 is 1.79 bits per heavy atom. The van der Waals surface area contributed by atoms with Gasteiger partial charge in [0.25, 0.3) is 17.5 Å². The third kappa shape index (κ3) is 6.35. The minimum absolute atomic E-state index is 0.00548. The Labute approximate surface area is 331 Å². The van der Waals surface area contributed by atoms with Crippen molar-refractivity contribution < 1.29 is 38.6 Å². The molecule has 4 aliphatic rings. The number of ether oxygens (including phenoxy) is 3. The van der Waals surface area contributed by atoms with Crippen LogP contribution in [0.3, 0.4) is 0 Å². The fraction of sp³-hybridized carbons (Fsp3) is 0.372. The molecular weight excluding hydrogens is 745 g/mol. The third-order valence-electron chi connectivity index (χ3n) is 12.5. The number of likely N-dealkylation sites (tertiary alicyclic amines) is 1. The molecule has 4 heterocycles. The summed E-state index contributed by atoms with van der Waals surface area (Å²) < 4.78 is 18.2. The first-order chi connectivity index (χ1) is 27.4. The lowest BCUT2D eigenvalue weighted by Gasteiger charge is -2.37. The molecule has 0 radical (unpaired) electrons. The number of para-hydroxylation sites is 2. The molecule has 4 aromatic carbocycles. The maximum absolute atomic E-state index is 15.4.